The van der Waals surface area contributed by atoms with E-state index < -0.39 is 49.5 Å². The summed E-state index contributed by atoms with van der Waals surface area (Å²) in [5, 5.41) is 54.7. The van der Waals surface area contributed by atoms with Gasteiger partial charge < -0.3 is 40.3 Å². The number of aliphatic hydroxyl groups is 5. The molecule has 0 aromatic rings. The van der Waals surface area contributed by atoms with Gasteiger partial charge >= 0.3 is 0 Å². The summed E-state index contributed by atoms with van der Waals surface area (Å²) in [4.78, 5) is 13.1. The summed E-state index contributed by atoms with van der Waals surface area (Å²) in [6, 6.07) is -0.825. The number of carbonyl (C=O) groups is 1. The first-order valence-electron chi connectivity index (χ1n) is 33.9. The summed E-state index contributed by atoms with van der Waals surface area (Å²) in [5.74, 6) is -0.186. The van der Waals surface area contributed by atoms with Crippen LogP contribution < -0.4 is 5.32 Å². The van der Waals surface area contributed by atoms with Crippen molar-refractivity contribution in [1.29, 1.82) is 0 Å². The van der Waals surface area contributed by atoms with E-state index in [1.54, 1.807) is 6.08 Å². The third-order valence-corrected chi connectivity index (χ3v) is 16.1. The number of allylic oxidation sites excluding steroid dienone is 7. The lowest BCUT2D eigenvalue weighted by molar-refractivity contribution is -0.302. The molecule has 7 atom stereocenters. The number of carbonyl (C=O) groups excluding carboxylic acids is 1. The minimum atomic E-state index is -1.57. The summed E-state index contributed by atoms with van der Waals surface area (Å²) in [6.45, 7) is 3.79. The molecule has 1 heterocycles. The number of nitrogens with one attached hydrogen (secondary N) is 1. The van der Waals surface area contributed by atoms with Crippen LogP contribution in [0.5, 0.6) is 0 Å². The molecule has 1 aliphatic heterocycles. The van der Waals surface area contributed by atoms with Crippen LogP contribution in [0, 0.1) is 0 Å². The molecular weight excluding hydrogens is 971 g/mol. The minimum absolute atomic E-state index is 0.186. The van der Waals surface area contributed by atoms with Crippen LogP contribution in [0.2, 0.25) is 0 Å². The SMILES string of the molecule is CCCCCCC/C=C\C/C=C\CCCCCCCCCCCCCC(=O)NC(COC1OC(CO)C(O)C(O)C1O)C(O)/C=C/CC/C=C/CCCCCCCCCCCCCCCCCCCCCCCCCCCC. The van der Waals surface area contributed by atoms with E-state index in [0.717, 1.165) is 44.9 Å². The number of unbranched alkanes of at least 4 members (excludes halogenated alkanes) is 43. The molecule has 0 aromatic carbocycles. The summed E-state index contributed by atoms with van der Waals surface area (Å²) >= 11 is 0. The number of hydrogen-bond donors (Lipinski definition) is 6. The van der Waals surface area contributed by atoms with E-state index in [4.69, 9.17) is 9.47 Å². The highest BCUT2D eigenvalue weighted by Crippen LogP contribution is 2.23. The largest absolute Gasteiger partial charge is 0.394 e. The van der Waals surface area contributed by atoms with E-state index >= 15 is 0 Å². The van der Waals surface area contributed by atoms with Gasteiger partial charge in [0.15, 0.2) is 6.29 Å². The van der Waals surface area contributed by atoms with Crippen LogP contribution in [0.1, 0.15) is 328 Å². The number of ether oxygens (including phenoxy) is 2. The van der Waals surface area contributed by atoms with Crippen LogP contribution in [-0.4, -0.2) is 87.5 Å². The van der Waals surface area contributed by atoms with Gasteiger partial charge in [0.05, 0.1) is 25.4 Å². The summed E-state index contributed by atoms with van der Waals surface area (Å²) < 4.78 is 11.3. The zero-order chi connectivity index (χ0) is 56.5. The summed E-state index contributed by atoms with van der Waals surface area (Å²) in [6.07, 6.45) is 72.1. The van der Waals surface area contributed by atoms with E-state index in [9.17, 15) is 30.3 Å². The lowest BCUT2D eigenvalue weighted by Gasteiger charge is -2.40. The third-order valence-electron chi connectivity index (χ3n) is 16.1. The maximum absolute atomic E-state index is 13.1. The molecule has 0 radical (unpaired) electrons. The molecule has 0 spiro atoms. The van der Waals surface area contributed by atoms with Crippen molar-refractivity contribution < 1.29 is 39.8 Å². The van der Waals surface area contributed by atoms with Crippen LogP contribution >= 0.6 is 0 Å². The average molecular weight is 1100 g/mol. The number of aliphatic hydroxyl groups excluding tert-OH is 5. The predicted octanol–water partition coefficient (Wildman–Crippen LogP) is 18.0. The van der Waals surface area contributed by atoms with Gasteiger partial charge in [0, 0.05) is 6.42 Å². The van der Waals surface area contributed by atoms with Crippen LogP contribution in [0.4, 0.5) is 0 Å². The molecule has 9 nitrogen and oxygen atoms in total. The van der Waals surface area contributed by atoms with Crippen molar-refractivity contribution in [3.05, 3.63) is 48.6 Å². The first-order valence-corrected chi connectivity index (χ1v) is 33.9. The third kappa shape index (κ3) is 46.7. The second kappa shape index (κ2) is 58.4. The Balaban J connectivity index is 2.16. The quantitative estimate of drug-likeness (QED) is 0.0261. The molecule has 1 fully saturated rings. The molecule has 6 N–H and O–H groups in total. The molecule has 1 amide bonds. The standard InChI is InChI=1S/C69H129NO8/c1-3-5-7-9-11-13-15-17-19-21-23-25-27-28-29-30-31-32-33-34-35-37-38-40-42-44-46-48-50-52-54-56-58-63(72)62(61-77-69-68(76)67(75)66(74)64(60-71)78-69)70-65(73)59-57-55-53-51-49-47-45-43-41-39-36-26-24-22-20-18-16-14-12-10-8-6-4-2/h16,18,22,24,48,50,56,58,62-64,66-69,71-72,74-76H,3-15,17,19-21,23,25-47,49,51-55,57,59-61H2,1-2H3,(H,70,73)/b18-16-,24-22-,50-48+,58-56+. The second-order valence-electron chi connectivity index (χ2n) is 23.6. The van der Waals surface area contributed by atoms with Crippen molar-refractivity contribution in [2.24, 2.45) is 0 Å². The van der Waals surface area contributed by atoms with E-state index in [1.165, 1.54) is 263 Å². The van der Waals surface area contributed by atoms with Gasteiger partial charge in [-0.3, -0.25) is 4.79 Å². The topological polar surface area (TPSA) is 149 Å². The molecular formula is C69H129NO8. The fourth-order valence-electron chi connectivity index (χ4n) is 10.8. The predicted molar refractivity (Wildman–Crippen MR) is 332 cm³/mol. The Morgan fingerprint density at radius 3 is 1.15 bits per heavy atom. The Labute approximate surface area is 482 Å². The molecule has 0 saturated carbocycles. The van der Waals surface area contributed by atoms with Gasteiger partial charge in [-0.05, 0) is 64.2 Å². The van der Waals surface area contributed by atoms with E-state index in [0.29, 0.717) is 6.42 Å². The Morgan fingerprint density at radius 2 is 0.769 bits per heavy atom. The maximum atomic E-state index is 13.1. The first kappa shape index (κ1) is 74.2. The van der Waals surface area contributed by atoms with E-state index in [2.05, 4.69) is 55.6 Å². The molecule has 1 aliphatic rings. The van der Waals surface area contributed by atoms with E-state index in [1.807, 2.05) is 6.08 Å². The van der Waals surface area contributed by atoms with Crippen molar-refractivity contribution in [3.8, 4) is 0 Å². The minimum Gasteiger partial charge on any atom is -0.394 e. The molecule has 7 unspecified atom stereocenters. The first-order chi connectivity index (χ1) is 38.3. The van der Waals surface area contributed by atoms with Crippen molar-refractivity contribution >= 4 is 5.91 Å². The van der Waals surface area contributed by atoms with Crippen molar-refractivity contribution in [2.45, 2.75) is 371 Å². The second-order valence-corrected chi connectivity index (χ2v) is 23.6. The molecule has 0 bridgehead atoms. The van der Waals surface area contributed by atoms with Crippen LogP contribution in [0.15, 0.2) is 48.6 Å². The Bertz CT molecular complexity index is 1370. The normalized spacial score (nSPS) is 18.9. The fourth-order valence-corrected chi connectivity index (χ4v) is 10.8. The maximum Gasteiger partial charge on any atom is 0.220 e. The number of amides is 1. The Kier molecular flexibility index (Phi) is 55.5. The fraction of sp³-hybridized carbons (Fsp3) is 0.870. The molecule has 0 aromatic heterocycles. The zero-order valence-electron chi connectivity index (χ0n) is 51.2. The highest BCUT2D eigenvalue weighted by Gasteiger charge is 2.44. The van der Waals surface area contributed by atoms with Gasteiger partial charge in [-0.2, -0.15) is 0 Å². The van der Waals surface area contributed by atoms with Gasteiger partial charge in [0.25, 0.3) is 0 Å². The highest BCUT2D eigenvalue weighted by molar-refractivity contribution is 5.76. The molecule has 1 saturated heterocycles. The van der Waals surface area contributed by atoms with Gasteiger partial charge in [0.1, 0.15) is 24.4 Å². The van der Waals surface area contributed by atoms with Gasteiger partial charge in [-0.15, -0.1) is 0 Å². The number of hydrogen-bond acceptors (Lipinski definition) is 8. The van der Waals surface area contributed by atoms with Crippen molar-refractivity contribution in [3.63, 3.8) is 0 Å². The lowest BCUT2D eigenvalue weighted by Crippen LogP contribution is -2.60. The Hall–Kier alpha value is -1.85. The van der Waals surface area contributed by atoms with Gasteiger partial charge in [-0.1, -0.05) is 306 Å². The lowest BCUT2D eigenvalue weighted by atomic mass is 9.99. The average Bonchev–Trinajstić information content (AvgIpc) is 3.45. The molecule has 1 rings (SSSR count). The van der Waals surface area contributed by atoms with Gasteiger partial charge in [-0.25, -0.2) is 0 Å². The molecule has 78 heavy (non-hydrogen) atoms. The number of rotatable bonds is 59. The summed E-state index contributed by atoms with van der Waals surface area (Å²) in [5.41, 5.74) is 0. The van der Waals surface area contributed by atoms with Gasteiger partial charge in [0.2, 0.25) is 5.91 Å². The van der Waals surface area contributed by atoms with Crippen molar-refractivity contribution in [1.82, 2.24) is 5.32 Å². The van der Waals surface area contributed by atoms with Crippen LogP contribution in [0.3, 0.4) is 0 Å². The monoisotopic (exact) mass is 1100 g/mol. The summed E-state index contributed by atoms with van der Waals surface area (Å²) in [7, 11) is 0. The van der Waals surface area contributed by atoms with E-state index in [-0.39, 0.29) is 12.5 Å². The Morgan fingerprint density at radius 1 is 0.436 bits per heavy atom. The van der Waals surface area contributed by atoms with Crippen molar-refractivity contribution in [2.75, 3.05) is 13.2 Å². The zero-order valence-corrected chi connectivity index (χ0v) is 51.2. The molecule has 9 heteroatoms. The van der Waals surface area contributed by atoms with Crippen LogP contribution in [0.25, 0.3) is 0 Å². The molecule has 458 valence electrons. The molecule has 0 aliphatic carbocycles. The highest BCUT2D eigenvalue weighted by atomic mass is 16.7. The smallest absolute Gasteiger partial charge is 0.220 e. The van der Waals surface area contributed by atoms with Crippen LogP contribution in [-0.2, 0) is 14.3 Å².